The van der Waals surface area contributed by atoms with Crippen molar-refractivity contribution in [3.8, 4) is 0 Å². The van der Waals surface area contributed by atoms with Gasteiger partial charge in [0.2, 0.25) is 11.8 Å². The van der Waals surface area contributed by atoms with E-state index < -0.39 is 0 Å². The summed E-state index contributed by atoms with van der Waals surface area (Å²) in [6.07, 6.45) is 38.1. The predicted octanol–water partition coefficient (Wildman–Crippen LogP) is 12.1. The second-order valence-electron chi connectivity index (χ2n) is 17.4. The van der Waals surface area contributed by atoms with Crippen molar-refractivity contribution in [2.24, 2.45) is 0 Å². The van der Waals surface area contributed by atoms with Gasteiger partial charge in [0.1, 0.15) is 0 Å². The van der Waals surface area contributed by atoms with Crippen LogP contribution in [-0.2, 0) is 9.59 Å². The van der Waals surface area contributed by atoms with Crippen LogP contribution in [0.25, 0.3) is 0 Å². The average molecular weight is 787 g/mol. The van der Waals surface area contributed by atoms with Gasteiger partial charge in [-0.3, -0.25) is 9.59 Å². The molecule has 0 fully saturated rings. The first-order valence-electron chi connectivity index (χ1n) is 23.0. The molecular weight excluding hydrogens is 693 g/mol. The van der Waals surface area contributed by atoms with Gasteiger partial charge in [-0.15, -0.1) is 0 Å². The molecule has 2 amide bonds. The molecule has 0 unspecified atom stereocenters. The van der Waals surface area contributed by atoms with Gasteiger partial charge in [-0.1, -0.05) is 170 Å². The van der Waals surface area contributed by atoms with E-state index in [2.05, 4.69) is 52.7 Å². The lowest BCUT2D eigenvalue weighted by atomic mass is 10.0. The first-order valence-corrected chi connectivity index (χ1v) is 25.5. The lowest BCUT2D eigenvalue weighted by Gasteiger charge is -2.29. The van der Waals surface area contributed by atoms with Crippen molar-refractivity contribution in [1.29, 1.82) is 0 Å². The van der Waals surface area contributed by atoms with Crippen LogP contribution in [0.4, 0.5) is 0 Å². The molecule has 0 aromatic heterocycles. The van der Waals surface area contributed by atoms with Crippen LogP contribution in [0.3, 0.4) is 0 Å². The Labute approximate surface area is 340 Å². The molecule has 0 radical (unpaired) electrons. The number of nitrogens with zero attached hydrogens (tertiary/aromatic N) is 2. The molecule has 6 nitrogen and oxygen atoms in total. The summed E-state index contributed by atoms with van der Waals surface area (Å²) in [6, 6.07) is 0. The van der Waals surface area contributed by atoms with Gasteiger partial charge in [0.05, 0.1) is 54.4 Å². The van der Waals surface area contributed by atoms with Crippen LogP contribution in [0.5, 0.6) is 0 Å². The maximum absolute atomic E-state index is 12.3. The number of quaternary nitrogens is 2. The molecule has 0 aliphatic carbocycles. The van der Waals surface area contributed by atoms with Crippen LogP contribution in [0.15, 0.2) is 0 Å². The maximum atomic E-state index is 12.3. The normalized spacial score (nSPS) is 12.0. The number of unbranched alkanes of at least 4 members (excludes halogenated alkanes) is 23. The van der Waals surface area contributed by atoms with Crippen molar-refractivity contribution < 1.29 is 18.6 Å². The van der Waals surface area contributed by atoms with E-state index in [1.165, 1.54) is 174 Å². The minimum atomic E-state index is 0.180. The fourth-order valence-corrected chi connectivity index (χ4v) is 9.07. The molecule has 0 saturated heterocycles. The topological polar surface area (TPSA) is 58.2 Å². The molecule has 0 bridgehead atoms. The quantitative estimate of drug-likeness (QED) is 0.0368. The third kappa shape index (κ3) is 41.0. The SMILES string of the molecule is CCCCCCCCCCCCCCC[N+](C)(C)CCCC(=O)NCCSSCCNC(=O)CCC[N+](C)(C)CCCCCCCCCCCCCC. The molecular formula is C45H94N4O2S2+2. The zero-order valence-corrected chi connectivity index (χ0v) is 38.3. The molecule has 0 aliphatic heterocycles. The number of carbonyl (C=O) groups excluding carboxylic acids is 2. The molecule has 2 N–H and O–H groups in total. The minimum Gasteiger partial charge on any atom is -0.355 e. The molecule has 0 aromatic carbocycles. The number of rotatable bonds is 42. The maximum Gasteiger partial charge on any atom is 0.220 e. The number of carbonyl (C=O) groups is 2. The summed E-state index contributed by atoms with van der Waals surface area (Å²) in [5.74, 6) is 2.16. The van der Waals surface area contributed by atoms with E-state index in [4.69, 9.17) is 0 Å². The van der Waals surface area contributed by atoms with Crippen LogP contribution < -0.4 is 10.6 Å². The van der Waals surface area contributed by atoms with Crippen molar-refractivity contribution >= 4 is 33.4 Å². The highest BCUT2D eigenvalue weighted by Crippen LogP contribution is 2.19. The Morgan fingerprint density at radius 3 is 0.906 bits per heavy atom. The lowest BCUT2D eigenvalue weighted by molar-refractivity contribution is -0.890. The summed E-state index contributed by atoms with van der Waals surface area (Å²) in [4.78, 5) is 24.7. The molecule has 53 heavy (non-hydrogen) atoms. The standard InChI is InChI=1S/C45H92N4O2S2/c1-7-9-11-13-15-17-19-21-23-25-27-29-31-39-49(5,6)41-33-35-45(51)47-37-43-53-52-42-36-46-44(50)34-32-40-48(3,4)38-30-28-26-24-22-20-18-16-14-12-10-8-2/h7-43H2,1-6H3/p+2. The summed E-state index contributed by atoms with van der Waals surface area (Å²) >= 11 is 0. The van der Waals surface area contributed by atoms with Gasteiger partial charge in [-0.2, -0.15) is 0 Å². The second-order valence-corrected chi connectivity index (χ2v) is 20.2. The van der Waals surface area contributed by atoms with Gasteiger partial charge < -0.3 is 19.6 Å². The monoisotopic (exact) mass is 787 g/mol. The molecule has 0 rings (SSSR count). The lowest BCUT2D eigenvalue weighted by Crippen LogP contribution is -2.41. The van der Waals surface area contributed by atoms with Crippen LogP contribution in [0.2, 0.25) is 0 Å². The van der Waals surface area contributed by atoms with Gasteiger partial charge in [0.15, 0.2) is 0 Å². The zero-order valence-electron chi connectivity index (χ0n) is 36.7. The largest absolute Gasteiger partial charge is 0.355 e. The van der Waals surface area contributed by atoms with Crippen molar-refractivity contribution in [1.82, 2.24) is 10.6 Å². The summed E-state index contributed by atoms with van der Waals surface area (Å²) in [5, 5.41) is 6.18. The van der Waals surface area contributed by atoms with Crippen LogP contribution >= 0.6 is 21.6 Å². The Morgan fingerprint density at radius 1 is 0.377 bits per heavy atom. The summed E-state index contributed by atoms with van der Waals surface area (Å²) in [5.41, 5.74) is 0. The fourth-order valence-electron chi connectivity index (χ4n) is 7.26. The highest BCUT2D eigenvalue weighted by Gasteiger charge is 2.16. The molecule has 316 valence electrons. The number of nitrogens with one attached hydrogen (secondary N) is 2. The van der Waals surface area contributed by atoms with Crippen LogP contribution in [0, 0.1) is 0 Å². The van der Waals surface area contributed by atoms with Crippen LogP contribution in [-0.4, -0.2) is 99.7 Å². The van der Waals surface area contributed by atoms with Crippen LogP contribution in [0.1, 0.15) is 200 Å². The highest BCUT2D eigenvalue weighted by atomic mass is 33.1. The Balaban J connectivity index is 3.57. The Morgan fingerprint density at radius 2 is 0.623 bits per heavy atom. The van der Waals surface area contributed by atoms with Gasteiger partial charge in [-0.05, 0) is 25.7 Å². The Hall–Kier alpha value is -0.440. The summed E-state index contributed by atoms with van der Waals surface area (Å²) < 4.78 is 2.04. The van der Waals surface area contributed by atoms with E-state index in [0.29, 0.717) is 25.9 Å². The van der Waals surface area contributed by atoms with Crippen molar-refractivity contribution in [2.45, 2.75) is 200 Å². The van der Waals surface area contributed by atoms with Gasteiger partial charge in [-0.25, -0.2) is 0 Å². The Kier molecular flexibility index (Phi) is 38.1. The summed E-state index contributed by atoms with van der Waals surface area (Å²) in [7, 11) is 12.8. The van der Waals surface area contributed by atoms with Crippen molar-refractivity contribution in [3.63, 3.8) is 0 Å². The molecule has 0 saturated carbocycles. The molecule has 8 heteroatoms. The number of hydrogen-bond donors (Lipinski definition) is 2. The first-order chi connectivity index (χ1) is 25.6. The second kappa shape index (κ2) is 38.4. The first kappa shape index (κ1) is 52.6. The van der Waals surface area contributed by atoms with Gasteiger partial charge >= 0.3 is 0 Å². The minimum absolute atomic E-state index is 0.180. The van der Waals surface area contributed by atoms with Crippen molar-refractivity contribution in [3.05, 3.63) is 0 Å². The van der Waals surface area contributed by atoms with Gasteiger partial charge in [0.25, 0.3) is 0 Å². The smallest absolute Gasteiger partial charge is 0.220 e. The third-order valence-corrected chi connectivity index (χ3v) is 13.3. The zero-order chi connectivity index (χ0) is 39.1. The van der Waals surface area contributed by atoms with Crippen molar-refractivity contribution in [2.75, 3.05) is 79.0 Å². The molecule has 0 aromatic rings. The molecule has 0 heterocycles. The molecule has 0 aliphatic rings. The predicted molar refractivity (Wildman–Crippen MR) is 240 cm³/mol. The molecule has 0 spiro atoms. The highest BCUT2D eigenvalue weighted by molar-refractivity contribution is 8.76. The van der Waals surface area contributed by atoms with E-state index in [1.807, 2.05) is 0 Å². The number of hydrogen-bond acceptors (Lipinski definition) is 4. The van der Waals surface area contributed by atoms with E-state index in [-0.39, 0.29) is 11.8 Å². The van der Waals surface area contributed by atoms with E-state index in [9.17, 15) is 9.59 Å². The third-order valence-electron chi connectivity index (χ3n) is 10.9. The average Bonchev–Trinajstić information content (AvgIpc) is 3.11. The van der Waals surface area contributed by atoms with E-state index in [1.54, 1.807) is 21.6 Å². The van der Waals surface area contributed by atoms with E-state index >= 15 is 0 Å². The Bertz CT molecular complexity index is 811. The van der Waals surface area contributed by atoms with E-state index in [0.717, 1.165) is 46.4 Å². The fraction of sp³-hybridized carbons (Fsp3) is 0.956. The summed E-state index contributed by atoms with van der Waals surface area (Å²) in [6.45, 7) is 10.6. The van der Waals surface area contributed by atoms with Gasteiger partial charge in [0, 0.05) is 50.3 Å². The molecule has 0 atom stereocenters. The number of amides is 2.